The summed E-state index contributed by atoms with van der Waals surface area (Å²) in [6.07, 6.45) is 3.67. The molecule has 16 heavy (non-hydrogen) atoms. The van der Waals surface area contributed by atoms with Crippen molar-refractivity contribution in [3.63, 3.8) is 0 Å². The fourth-order valence-corrected chi connectivity index (χ4v) is 1.20. The van der Waals surface area contributed by atoms with Gasteiger partial charge in [-0.2, -0.15) is 0 Å². The highest BCUT2D eigenvalue weighted by molar-refractivity contribution is 5.21. The van der Waals surface area contributed by atoms with E-state index < -0.39 is 0 Å². The van der Waals surface area contributed by atoms with Crippen LogP contribution in [0, 0.1) is 0 Å². The summed E-state index contributed by atoms with van der Waals surface area (Å²) in [5, 5.41) is 0. The third-order valence-corrected chi connectivity index (χ3v) is 2.03. The molecule has 1 heterocycles. The second-order valence-electron chi connectivity index (χ2n) is 3.06. The summed E-state index contributed by atoms with van der Waals surface area (Å²) in [7, 11) is 1.96. The Labute approximate surface area is 96.7 Å². The van der Waals surface area contributed by atoms with Gasteiger partial charge in [-0.25, -0.2) is 4.98 Å². The largest absolute Gasteiger partial charge is 0.486 e. The number of benzene rings is 1. The molecule has 86 valence electrons. The maximum absolute atomic E-state index is 5.55. The third-order valence-electron chi connectivity index (χ3n) is 2.03. The predicted octanol–water partition coefficient (Wildman–Crippen LogP) is 3.03. The Balaban J connectivity index is 0.000000606. The molecule has 0 aliphatic heterocycles. The maximum Gasteiger partial charge on any atom is 0.146 e. The summed E-state index contributed by atoms with van der Waals surface area (Å²) < 4.78 is 7.50. The molecule has 0 amide bonds. The van der Waals surface area contributed by atoms with Crippen LogP contribution in [0.25, 0.3) is 0 Å². The van der Waals surface area contributed by atoms with Crippen molar-refractivity contribution in [2.45, 2.75) is 20.5 Å². The summed E-state index contributed by atoms with van der Waals surface area (Å²) >= 11 is 0. The van der Waals surface area contributed by atoms with E-state index in [9.17, 15) is 0 Å². The number of aromatic nitrogens is 2. The van der Waals surface area contributed by atoms with E-state index in [0.29, 0.717) is 6.61 Å². The van der Waals surface area contributed by atoms with Crippen LogP contribution in [-0.2, 0) is 13.7 Å². The highest BCUT2D eigenvalue weighted by atomic mass is 16.5. The lowest BCUT2D eigenvalue weighted by molar-refractivity contribution is 0.292. The zero-order chi connectivity index (χ0) is 11.8. The molecule has 0 N–H and O–H groups in total. The van der Waals surface area contributed by atoms with Gasteiger partial charge in [-0.1, -0.05) is 32.0 Å². The summed E-state index contributed by atoms with van der Waals surface area (Å²) in [5.74, 6) is 1.80. The molecule has 2 rings (SSSR count). The molecule has 0 atom stereocenters. The van der Waals surface area contributed by atoms with Gasteiger partial charge in [0.05, 0.1) is 0 Å². The molecule has 0 unspecified atom stereocenters. The number of hydrogen-bond acceptors (Lipinski definition) is 2. The smallest absolute Gasteiger partial charge is 0.146 e. The van der Waals surface area contributed by atoms with Crippen molar-refractivity contribution in [3.8, 4) is 5.75 Å². The zero-order valence-electron chi connectivity index (χ0n) is 10.1. The average molecular weight is 218 g/mol. The average Bonchev–Trinajstić information content (AvgIpc) is 2.76. The highest BCUT2D eigenvalue weighted by Gasteiger charge is 1.99. The number of para-hydroxylation sites is 1. The van der Waals surface area contributed by atoms with Gasteiger partial charge >= 0.3 is 0 Å². The Morgan fingerprint density at radius 3 is 2.44 bits per heavy atom. The molecule has 0 spiro atoms. The molecule has 0 bridgehead atoms. The van der Waals surface area contributed by atoms with E-state index in [0.717, 1.165) is 11.6 Å². The molecule has 0 saturated carbocycles. The van der Waals surface area contributed by atoms with Gasteiger partial charge in [0.15, 0.2) is 0 Å². The van der Waals surface area contributed by atoms with Crippen LogP contribution in [0.15, 0.2) is 42.7 Å². The maximum atomic E-state index is 5.55. The fourth-order valence-electron chi connectivity index (χ4n) is 1.20. The topological polar surface area (TPSA) is 27.1 Å². The van der Waals surface area contributed by atoms with E-state index in [1.807, 2.05) is 62.0 Å². The van der Waals surface area contributed by atoms with E-state index in [1.165, 1.54) is 0 Å². The van der Waals surface area contributed by atoms with Crippen LogP contribution in [0.4, 0.5) is 0 Å². The lowest BCUT2D eigenvalue weighted by atomic mass is 10.3. The number of rotatable bonds is 3. The lowest BCUT2D eigenvalue weighted by Crippen LogP contribution is -2.02. The number of imidazole rings is 1. The highest BCUT2D eigenvalue weighted by Crippen LogP contribution is 2.10. The van der Waals surface area contributed by atoms with Crippen molar-refractivity contribution >= 4 is 0 Å². The molecule has 1 aromatic carbocycles. The first-order valence-corrected chi connectivity index (χ1v) is 5.50. The molecule has 0 aliphatic rings. The molecular weight excluding hydrogens is 200 g/mol. The molecule has 3 nitrogen and oxygen atoms in total. The third kappa shape index (κ3) is 3.42. The summed E-state index contributed by atoms with van der Waals surface area (Å²) in [6.45, 7) is 4.51. The zero-order valence-corrected chi connectivity index (χ0v) is 10.1. The van der Waals surface area contributed by atoms with E-state index in [1.54, 1.807) is 6.20 Å². The molecule has 0 fully saturated rings. The minimum atomic E-state index is 0.507. The normalized spacial score (nSPS) is 9.19. The first-order chi connectivity index (χ1) is 7.86. The molecule has 3 heteroatoms. The summed E-state index contributed by atoms with van der Waals surface area (Å²) in [4.78, 5) is 4.17. The first-order valence-electron chi connectivity index (χ1n) is 5.50. The van der Waals surface area contributed by atoms with Crippen molar-refractivity contribution in [2.24, 2.45) is 7.05 Å². The molecule has 0 radical (unpaired) electrons. The van der Waals surface area contributed by atoms with Crippen LogP contribution in [0.1, 0.15) is 19.7 Å². The van der Waals surface area contributed by atoms with Crippen molar-refractivity contribution < 1.29 is 4.74 Å². The monoisotopic (exact) mass is 218 g/mol. The molecule has 2 aromatic rings. The van der Waals surface area contributed by atoms with Crippen molar-refractivity contribution in [3.05, 3.63) is 48.5 Å². The van der Waals surface area contributed by atoms with Crippen LogP contribution in [0.3, 0.4) is 0 Å². The predicted molar refractivity (Wildman–Crippen MR) is 65.3 cm³/mol. The van der Waals surface area contributed by atoms with E-state index in [2.05, 4.69) is 4.98 Å². The molecule has 1 aromatic heterocycles. The SMILES string of the molecule is CC.Cn1ccnc1COc1ccccc1. The van der Waals surface area contributed by atoms with Gasteiger partial charge in [0.1, 0.15) is 18.2 Å². The number of ether oxygens (including phenoxy) is 1. The van der Waals surface area contributed by atoms with Crippen molar-refractivity contribution in [1.82, 2.24) is 9.55 Å². The molecule has 0 aliphatic carbocycles. The Morgan fingerprint density at radius 1 is 1.19 bits per heavy atom. The van der Waals surface area contributed by atoms with Crippen molar-refractivity contribution in [1.29, 1.82) is 0 Å². The Morgan fingerprint density at radius 2 is 1.88 bits per heavy atom. The van der Waals surface area contributed by atoms with Crippen LogP contribution >= 0.6 is 0 Å². The quantitative estimate of drug-likeness (QED) is 0.791. The van der Waals surface area contributed by atoms with Gasteiger partial charge in [-0.3, -0.25) is 0 Å². The first kappa shape index (κ1) is 12.3. The summed E-state index contributed by atoms with van der Waals surface area (Å²) in [5.41, 5.74) is 0. The lowest BCUT2D eigenvalue weighted by Gasteiger charge is -2.05. The van der Waals surface area contributed by atoms with Gasteiger partial charge in [0.25, 0.3) is 0 Å². The Bertz CT molecular complexity index is 395. The number of aryl methyl sites for hydroxylation is 1. The van der Waals surface area contributed by atoms with Crippen LogP contribution < -0.4 is 4.74 Å². The summed E-state index contributed by atoms with van der Waals surface area (Å²) in [6, 6.07) is 9.74. The second kappa shape index (κ2) is 6.67. The standard InChI is InChI=1S/C11H12N2O.C2H6/c1-13-8-7-12-11(13)9-14-10-5-3-2-4-6-10;1-2/h2-8H,9H2,1H3;1-2H3. The number of nitrogens with zero attached hydrogens (tertiary/aromatic N) is 2. The van der Waals surface area contributed by atoms with Gasteiger partial charge in [0.2, 0.25) is 0 Å². The van der Waals surface area contributed by atoms with E-state index in [-0.39, 0.29) is 0 Å². The fraction of sp³-hybridized carbons (Fsp3) is 0.308. The Kier molecular flexibility index (Phi) is 5.12. The van der Waals surface area contributed by atoms with Gasteiger partial charge in [-0.05, 0) is 12.1 Å². The minimum absolute atomic E-state index is 0.507. The second-order valence-corrected chi connectivity index (χ2v) is 3.06. The van der Waals surface area contributed by atoms with Crippen LogP contribution in [0.2, 0.25) is 0 Å². The van der Waals surface area contributed by atoms with Gasteiger partial charge in [0, 0.05) is 19.4 Å². The molecular formula is C13H18N2O. The molecule has 0 saturated heterocycles. The van der Waals surface area contributed by atoms with Crippen LogP contribution in [-0.4, -0.2) is 9.55 Å². The Hall–Kier alpha value is -1.77. The van der Waals surface area contributed by atoms with Crippen molar-refractivity contribution in [2.75, 3.05) is 0 Å². The van der Waals surface area contributed by atoms with Gasteiger partial charge < -0.3 is 9.30 Å². The van der Waals surface area contributed by atoms with E-state index in [4.69, 9.17) is 4.74 Å². The van der Waals surface area contributed by atoms with E-state index >= 15 is 0 Å². The number of hydrogen-bond donors (Lipinski definition) is 0. The van der Waals surface area contributed by atoms with Gasteiger partial charge in [-0.15, -0.1) is 0 Å². The van der Waals surface area contributed by atoms with Crippen LogP contribution in [0.5, 0.6) is 5.75 Å². The minimum Gasteiger partial charge on any atom is -0.486 e.